The van der Waals surface area contributed by atoms with Gasteiger partial charge >= 0.3 is 6.03 Å². The number of hydrogen-bond acceptors (Lipinski definition) is 4. The SMILES string of the molecule is CCC1CCC2(CC1)NC(=O)N(CC(=O)Nc1ccnn1C(C)CC)C2=O. The van der Waals surface area contributed by atoms with Gasteiger partial charge in [-0.1, -0.05) is 20.3 Å². The number of amides is 4. The number of rotatable bonds is 6. The summed E-state index contributed by atoms with van der Waals surface area (Å²) in [4.78, 5) is 38.8. The lowest BCUT2D eigenvalue weighted by Crippen LogP contribution is -2.49. The Hall–Kier alpha value is -2.38. The third-order valence-electron chi connectivity index (χ3n) is 6.03. The summed E-state index contributed by atoms with van der Waals surface area (Å²) in [6.07, 6.45) is 6.74. The number of urea groups is 1. The van der Waals surface area contributed by atoms with Crippen LogP contribution in [0.5, 0.6) is 0 Å². The summed E-state index contributed by atoms with van der Waals surface area (Å²) in [5, 5.41) is 9.85. The van der Waals surface area contributed by atoms with E-state index >= 15 is 0 Å². The second-order valence-electron chi connectivity index (χ2n) is 7.72. The van der Waals surface area contributed by atoms with Crippen LogP contribution >= 0.6 is 0 Å². The second-order valence-corrected chi connectivity index (χ2v) is 7.72. The molecule has 2 N–H and O–H groups in total. The van der Waals surface area contributed by atoms with Crippen LogP contribution in [0.25, 0.3) is 0 Å². The molecule has 27 heavy (non-hydrogen) atoms. The molecule has 8 nitrogen and oxygen atoms in total. The zero-order chi connectivity index (χ0) is 19.6. The summed E-state index contributed by atoms with van der Waals surface area (Å²) in [5.41, 5.74) is -0.818. The average molecular weight is 375 g/mol. The van der Waals surface area contributed by atoms with Crippen LogP contribution in [-0.2, 0) is 9.59 Å². The Labute approximate surface area is 159 Å². The van der Waals surface area contributed by atoms with E-state index in [0.717, 1.165) is 30.6 Å². The lowest BCUT2D eigenvalue weighted by molar-refractivity contribution is -0.135. The van der Waals surface area contributed by atoms with E-state index in [1.165, 1.54) is 0 Å². The molecule has 1 aromatic rings. The van der Waals surface area contributed by atoms with Gasteiger partial charge in [-0.15, -0.1) is 0 Å². The van der Waals surface area contributed by atoms with E-state index in [1.807, 2.05) is 13.8 Å². The van der Waals surface area contributed by atoms with Crippen molar-refractivity contribution in [1.82, 2.24) is 20.0 Å². The van der Waals surface area contributed by atoms with Gasteiger partial charge in [0.1, 0.15) is 17.9 Å². The van der Waals surface area contributed by atoms with Crippen molar-refractivity contribution in [2.24, 2.45) is 5.92 Å². The third kappa shape index (κ3) is 3.70. The molecule has 0 aromatic carbocycles. The van der Waals surface area contributed by atoms with Gasteiger partial charge in [0.25, 0.3) is 5.91 Å². The maximum absolute atomic E-state index is 12.9. The van der Waals surface area contributed by atoms with Crippen LogP contribution in [0.3, 0.4) is 0 Å². The normalized spacial score (nSPS) is 26.3. The molecule has 2 aliphatic rings. The fraction of sp³-hybridized carbons (Fsp3) is 0.684. The predicted octanol–water partition coefficient (Wildman–Crippen LogP) is 2.68. The highest BCUT2D eigenvalue weighted by atomic mass is 16.2. The lowest BCUT2D eigenvalue weighted by atomic mass is 9.75. The van der Waals surface area contributed by atoms with E-state index in [4.69, 9.17) is 0 Å². The van der Waals surface area contributed by atoms with Crippen molar-refractivity contribution in [1.29, 1.82) is 0 Å². The van der Waals surface area contributed by atoms with Gasteiger partial charge in [0.15, 0.2) is 0 Å². The molecule has 0 bridgehead atoms. The van der Waals surface area contributed by atoms with E-state index in [2.05, 4.69) is 22.7 Å². The first-order chi connectivity index (χ1) is 12.9. The zero-order valence-electron chi connectivity index (χ0n) is 16.3. The Morgan fingerprint density at radius 3 is 2.70 bits per heavy atom. The van der Waals surface area contributed by atoms with E-state index in [9.17, 15) is 14.4 Å². The molecule has 4 amide bonds. The molecule has 0 radical (unpaired) electrons. The maximum atomic E-state index is 12.9. The summed E-state index contributed by atoms with van der Waals surface area (Å²) >= 11 is 0. The largest absolute Gasteiger partial charge is 0.325 e. The molecule has 1 aliphatic heterocycles. The van der Waals surface area contributed by atoms with E-state index in [0.29, 0.717) is 24.6 Å². The van der Waals surface area contributed by atoms with Crippen molar-refractivity contribution in [2.45, 2.75) is 70.9 Å². The summed E-state index contributed by atoms with van der Waals surface area (Å²) in [6, 6.07) is 1.38. The molecule has 1 saturated heterocycles. The highest BCUT2D eigenvalue weighted by Crippen LogP contribution is 2.37. The minimum atomic E-state index is -0.818. The van der Waals surface area contributed by atoms with Crippen LogP contribution in [0.1, 0.15) is 65.3 Å². The van der Waals surface area contributed by atoms with Crippen molar-refractivity contribution < 1.29 is 14.4 Å². The van der Waals surface area contributed by atoms with Crippen molar-refractivity contribution in [3.8, 4) is 0 Å². The smallest absolute Gasteiger partial charge is 0.323 e. The fourth-order valence-electron chi connectivity index (χ4n) is 4.00. The number of carbonyl (C=O) groups is 3. The van der Waals surface area contributed by atoms with Crippen LogP contribution in [0.2, 0.25) is 0 Å². The van der Waals surface area contributed by atoms with Crippen molar-refractivity contribution in [2.75, 3.05) is 11.9 Å². The van der Waals surface area contributed by atoms with Crippen molar-refractivity contribution in [3.63, 3.8) is 0 Å². The Morgan fingerprint density at radius 2 is 2.07 bits per heavy atom. The van der Waals surface area contributed by atoms with Gasteiger partial charge in [-0.05, 0) is 44.9 Å². The number of carbonyl (C=O) groups excluding carboxylic acids is 3. The summed E-state index contributed by atoms with van der Waals surface area (Å²) in [6.45, 7) is 5.92. The van der Waals surface area contributed by atoms with Crippen molar-refractivity contribution >= 4 is 23.7 Å². The van der Waals surface area contributed by atoms with Gasteiger partial charge < -0.3 is 10.6 Å². The summed E-state index contributed by atoms with van der Waals surface area (Å²) in [7, 11) is 0. The van der Waals surface area contributed by atoms with Gasteiger partial charge in [0, 0.05) is 6.07 Å². The number of anilines is 1. The molecule has 2 fully saturated rings. The van der Waals surface area contributed by atoms with E-state index < -0.39 is 17.5 Å². The molecule has 1 aliphatic carbocycles. The summed E-state index contributed by atoms with van der Waals surface area (Å²) in [5.74, 6) is 0.508. The Kier molecular flexibility index (Phi) is 5.53. The molecule has 1 unspecified atom stereocenters. The number of nitrogens with zero attached hydrogens (tertiary/aromatic N) is 3. The fourth-order valence-corrected chi connectivity index (χ4v) is 4.00. The number of aromatic nitrogens is 2. The predicted molar refractivity (Wildman–Crippen MR) is 101 cm³/mol. The number of imide groups is 1. The molecular formula is C19H29N5O3. The number of hydrogen-bond donors (Lipinski definition) is 2. The van der Waals surface area contributed by atoms with Gasteiger partial charge in [-0.2, -0.15) is 5.10 Å². The Morgan fingerprint density at radius 1 is 1.37 bits per heavy atom. The van der Waals surface area contributed by atoms with Gasteiger partial charge in [0.2, 0.25) is 5.91 Å². The highest BCUT2D eigenvalue weighted by molar-refractivity contribution is 6.10. The average Bonchev–Trinajstić information content (AvgIpc) is 3.20. The Bertz CT molecular complexity index is 721. The highest BCUT2D eigenvalue weighted by Gasteiger charge is 2.52. The first kappa shape index (κ1) is 19.4. The van der Waals surface area contributed by atoms with E-state index in [1.54, 1.807) is 16.9 Å². The topological polar surface area (TPSA) is 96.3 Å². The van der Waals surface area contributed by atoms with Crippen LogP contribution in [0.4, 0.5) is 10.6 Å². The van der Waals surface area contributed by atoms with Crippen LogP contribution in [-0.4, -0.2) is 44.6 Å². The number of nitrogens with one attached hydrogen (secondary N) is 2. The standard InChI is InChI=1S/C19H29N5O3/c1-4-13(3)24-15(8-11-20-24)21-16(25)12-23-17(26)19(22-18(23)27)9-6-14(5-2)7-10-19/h8,11,13-14H,4-7,9-10,12H2,1-3H3,(H,21,25)(H,22,27). The van der Waals surface area contributed by atoms with Gasteiger partial charge in [0.05, 0.1) is 12.2 Å². The first-order valence-electron chi connectivity index (χ1n) is 9.87. The second kappa shape index (κ2) is 7.70. The monoisotopic (exact) mass is 375 g/mol. The molecule has 3 rings (SSSR count). The van der Waals surface area contributed by atoms with Crippen molar-refractivity contribution in [3.05, 3.63) is 12.3 Å². The first-order valence-corrected chi connectivity index (χ1v) is 9.87. The van der Waals surface area contributed by atoms with Crippen LogP contribution < -0.4 is 10.6 Å². The molecule has 1 atom stereocenters. The van der Waals surface area contributed by atoms with E-state index in [-0.39, 0.29) is 18.5 Å². The third-order valence-corrected chi connectivity index (χ3v) is 6.03. The molecule has 1 aromatic heterocycles. The molecule has 148 valence electrons. The quantitative estimate of drug-likeness (QED) is 0.747. The van der Waals surface area contributed by atoms with Gasteiger partial charge in [-0.3, -0.25) is 14.5 Å². The minimum absolute atomic E-state index is 0.143. The molecule has 8 heteroatoms. The minimum Gasteiger partial charge on any atom is -0.323 e. The summed E-state index contributed by atoms with van der Waals surface area (Å²) < 4.78 is 1.73. The lowest BCUT2D eigenvalue weighted by Gasteiger charge is -2.34. The Balaban J connectivity index is 1.64. The van der Waals surface area contributed by atoms with Gasteiger partial charge in [-0.25, -0.2) is 9.48 Å². The molecular weight excluding hydrogens is 346 g/mol. The zero-order valence-corrected chi connectivity index (χ0v) is 16.3. The van der Waals surface area contributed by atoms with Crippen LogP contribution in [0, 0.1) is 5.92 Å². The maximum Gasteiger partial charge on any atom is 0.325 e. The molecule has 2 heterocycles. The van der Waals surface area contributed by atoms with Crippen LogP contribution in [0.15, 0.2) is 12.3 Å². The molecule has 1 spiro atoms. The molecule has 1 saturated carbocycles.